The van der Waals surface area contributed by atoms with Crippen LogP contribution in [-0.2, 0) is 6.42 Å². The number of benzene rings is 1. The van der Waals surface area contributed by atoms with E-state index < -0.39 is 0 Å². The van der Waals surface area contributed by atoms with E-state index in [-0.39, 0.29) is 6.10 Å². The first-order valence-corrected chi connectivity index (χ1v) is 13.0. The Bertz CT molecular complexity index is 907. The quantitative estimate of drug-likeness (QED) is 0.534. The fourth-order valence-electron chi connectivity index (χ4n) is 8.20. The van der Waals surface area contributed by atoms with Crippen LogP contribution in [0.2, 0.25) is 0 Å². The molecule has 1 fully saturated rings. The Labute approximate surface area is 190 Å². The average molecular weight is 419 g/mol. The van der Waals surface area contributed by atoms with Crippen molar-refractivity contribution in [1.29, 1.82) is 0 Å². The van der Waals surface area contributed by atoms with Gasteiger partial charge >= 0.3 is 0 Å². The lowest BCUT2D eigenvalue weighted by atomic mass is 9.51. The third-order valence-corrected chi connectivity index (χ3v) is 10.3. The van der Waals surface area contributed by atoms with Crippen LogP contribution in [0.5, 0.6) is 0 Å². The third-order valence-electron chi connectivity index (χ3n) is 10.3. The van der Waals surface area contributed by atoms with E-state index in [0.717, 1.165) is 24.7 Å². The van der Waals surface area contributed by atoms with Crippen molar-refractivity contribution < 1.29 is 5.11 Å². The molecule has 0 radical (unpaired) electrons. The Hall–Kier alpha value is -1.34. The van der Waals surface area contributed by atoms with Crippen molar-refractivity contribution in [2.45, 2.75) is 98.0 Å². The Morgan fingerprint density at radius 1 is 1.06 bits per heavy atom. The fourth-order valence-corrected chi connectivity index (χ4v) is 8.20. The van der Waals surface area contributed by atoms with Crippen LogP contribution in [0.15, 0.2) is 47.1 Å². The standard InChI is InChI=1S/C30H42O/c1-20-7-5-6-8-22(20)10-9-21(2)26-13-14-27-25-12-11-23-19-24(31)15-17-29(23,3)28(25)16-18-30(26,27)4/h5-8,14,21,23-24,26,31H,9-13,15-19H2,1-4H3/t21-,23?,24?,26-,29+,30-/m1/s1. The van der Waals surface area contributed by atoms with Crippen LogP contribution in [0.3, 0.4) is 0 Å². The molecule has 4 aliphatic rings. The van der Waals surface area contributed by atoms with Crippen molar-refractivity contribution >= 4 is 0 Å². The highest BCUT2D eigenvalue weighted by atomic mass is 16.3. The molecule has 4 aliphatic carbocycles. The molecule has 0 aliphatic heterocycles. The van der Waals surface area contributed by atoms with Crippen molar-refractivity contribution in [2.24, 2.45) is 28.6 Å². The van der Waals surface area contributed by atoms with E-state index in [9.17, 15) is 5.11 Å². The maximum Gasteiger partial charge on any atom is 0.0543 e. The van der Waals surface area contributed by atoms with E-state index in [1.54, 1.807) is 16.7 Å². The molecular weight excluding hydrogens is 376 g/mol. The SMILES string of the molecule is Cc1ccccc1CC[C@@H](C)[C@H]1CC=C2C3=C(CC[C@@]21C)[C@@]1(C)CCC(O)CC1CC3. The van der Waals surface area contributed by atoms with Gasteiger partial charge in [-0.1, -0.05) is 56.7 Å². The van der Waals surface area contributed by atoms with Crippen molar-refractivity contribution in [1.82, 2.24) is 0 Å². The van der Waals surface area contributed by atoms with E-state index in [2.05, 4.69) is 58.0 Å². The highest BCUT2D eigenvalue weighted by molar-refractivity contribution is 5.49. The van der Waals surface area contributed by atoms with Gasteiger partial charge in [-0.05, 0) is 122 Å². The lowest BCUT2D eigenvalue weighted by Gasteiger charge is -2.54. The molecule has 0 heterocycles. The van der Waals surface area contributed by atoms with Gasteiger partial charge in [0.2, 0.25) is 0 Å². The summed E-state index contributed by atoms with van der Waals surface area (Å²) >= 11 is 0. The summed E-state index contributed by atoms with van der Waals surface area (Å²) in [5.41, 5.74) is 9.01. The summed E-state index contributed by atoms with van der Waals surface area (Å²) in [4.78, 5) is 0. The van der Waals surface area contributed by atoms with Gasteiger partial charge < -0.3 is 5.11 Å². The predicted octanol–water partition coefficient (Wildman–Crippen LogP) is 7.57. The number of aliphatic hydroxyl groups excluding tert-OH is 1. The van der Waals surface area contributed by atoms with Crippen molar-refractivity contribution in [3.63, 3.8) is 0 Å². The van der Waals surface area contributed by atoms with Gasteiger partial charge in [0.15, 0.2) is 0 Å². The molecule has 1 nitrogen and oxygen atoms in total. The number of fused-ring (bicyclic) bond motifs is 4. The number of hydrogen-bond acceptors (Lipinski definition) is 1. The molecule has 0 amide bonds. The van der Waals surface area contributed by atoms with E-state index >= 15 is 0 Å². The van der Waals surface area contributed by atoms with Gasteiger partial charge in [-0.2, -0.15) is 0 Å². The molecule has 1 N–H and O–H groups in total. The van der Waals surface area contributed by atoms with E-state index in [0.29, 0.717) is 16.7 Å². The number of rotatable bonds is 4. The molecule has 5 rings (SSSR count). The molecule has 1 aromatic rings. The van der Waals surface area contributed by atoms with Crippen LogP contribution in [0.25, 0.3) is 0 Å². The first-order valence-electron chi connectivity index (χ1n) is 13.0. The summed E-state index contributed by atoms with van der Waals surface area (Å²) in [5.74, 6) is 2.25. The minimum Gasteiger partial charge on any atom is -0.393 e. The van der Waals surface area contributed by atoms with Crippen molar-refractivity contribution in [2.75, 3.05) is 0 Å². The van der Waals surface area contributed by atoms with Gasteiger partial charge in [-0.3, -0.25) is 0 Å². The molecule has 6 atom stereocenters. The zero-order valence-corrected chi connectivity index (χ0v) is 20.2. The van der Waals surface area contributed by atoms with E-state index in [1.807, 2.05) is 0 Å². The van der Waals surface area contributed by atoms with E-state index in [1.165, 1.54) is 62.5 Å². The summed E-state index contributed by atoms with van der Waals surface area (Å²) in [7, 11) is 0. The molecule has 0 saturated heterocycles. The van der Waals surface area contributed by atoms with Gasteiger partial charge in [0.1, 0.15) is 0 Å². The average Bonchev–Trinajstić information content (AvgIpc) is 3.11. The predicted molar refractivity (Wildman–Crippen MR) is 130 cm³/mol. The lowest BCUT2D eigenvalue weighted by molar-refractivity contribution is 0.0225. The Morgan fingerprint density at radius 3 is 2.68 bits per heavy atom. The summed E-state index contributed by atoms with van der Waals surface area (Å²) in [5, 5.41) is 10.3. The molecule has 2 unspecified atom stereocenters. The van der Waals surface area contributed by atoms with Crippen molar-refractivity contribution in [3.8, 4) is 0 Å². The Morgan fingerprint density at radius 2 is 1.87 bits per heavy atom. The smallest absolute Gasteiger partial charge is 0.0543 e. The molecule has 31 heavy (non-hydrogen) atoms. The highest BCUT2D eigenvalue weighted by Gasteiger charge is 2.52. The summed E-state index contributed by atoms with van der Waals surface area (Å²) in [6.07, 6.45) is 14.8. The summed E-state index contributed by atoms with van der Waals surface area (Å²) in [6.45, 7) is 9.92. The van der Waals surface area contributed by atoms with Crippen LogP contribution >= 0.6 is 0 Å². The second-order valence-electron chi connectivity index (χ2n) is 11.9. The molecule has 1 saturated carbocycles. The number of hydrogen-bond donors (Lipinski definition) is 1. The van der Waals surface area contributed by atoms with Gasteiger partial charge in [-0.15, -0.1) is 0 Å². The van der Waals surface area contributed by atoms with Gasteiger partial charge in [-0.25, -0.2) is 0 Å². The number of allylic oxidation sites excluding steroid dienone is 4. The van der Waals surface area contributed by atoms with Crippen molar-refractivity contribution in [3.05, 3.63) is 58.2 Å². The molecule has 1 heteroatoms. The highest BCUT2D eigenvalue weighted by Crippen LogP contribution is 2.64. The lowest BCUT2D eigenvalue weighted by Crippen LogP contribution is -2.44. The molecule has 0 aromatic heterocycles. The molecular formula is C30H42O. The summed E-state index contributed by atoms with van der Waals surface area (Å²) in [6, 6.07) is 8.93. The van der Waals surface area contributed by atoms with Crippen LogP contribution in [0.4, 0.5) is 0 Å². The second kappa shape index (κ2) is 7.91. The minimum atomic E-state index is -0.0572. The van der Waals surface area contributed by atoms with Crippen LogP contribution in [-0.4, -0.2) is 11.2 Å². The first-order chi connectivity index (χ1) is 14.8. The fraction of sp³-hybridized carbons (Fsp3) is 0.667. The topological polar surface area (TPSA) is 20.2 Å². The first kappa shape index (κ1) is 21.5. The largest absolute Gasteiger partial charge is 0.393 e. The second-order valence-corrected chi connectivity index (χ2v) is 11.9. The zero-order chi connectivity index (χ0) is 21.8. The number of aliphatic hydroxyl groups is 1. The normalized spacial score (nSPS) is 38.2. The maximum atomic E-state index is 10.3. The third kappa shape index (κ3) is 3.47. The van der Waals surface area contributed by atoms with Gasteiger partial charge in [0, 0.05) is 0 Å². The van der Waals surface area contributed by atoms with Gasteiger partial charge in [0.05, 0.1) is 6.10 Å². The Balaban J connectivity index is 1.35. The molecule has 0 bridgehead atoms. The van der Waals surface area contributed by atoms with Crippen LogP contribution in [0, 0.1) is 35.5 Å². The van der Waals surface area contributed by atoms with E-state index in [4.69, 9.17) is 0 Å². The monoisotopic (exact) mass is 418 g/mol. The summed E-state index contributed by atoms with van der Waals surface area (Å²) < 4.78 is 0. The number of aryl methyl sites for hydroxylation is 2. The molecule has 168 valence electrons. The van der Waals surface area contributed by atoms with Crippen LogP contribution in [0.1, 0.15) is 89.7 Å². The zero-order valence-electron chi connectivity index (χ0n) is 20.2. The molecule has 0 spiro atoms. The maximum absolute atomic E-state index is 10.3. The van der Waals surface area contributed by atoms with Gasteiger partial charge in [0.25, 0.3) is 0 Å². The minimum absolute atomic E-state index is 0.0572. The Kier molecular flexibility index (Phi) is 5.48. The van der Waals surface area contributed by atoms with Crippen LogP contribution < -0.4 is 0 Å². The molecule has 1 aromatic carbocycles.